The van der Waals surface area contributed by atoms with E-state index in [2.05, 4.69) is 20.6 Å². The van der Waals surface area contributed by atoms with Crippen LogP contribution >= 0.6 is 11.3 Å². The van der Waals surface area contributed by atoms with Crippen molar-refractivity contribution in [3.63, 3.8) is 0 Å². The number of unbranched alkanes of at least 4 members (excludes halogenated alkanes) is 2. The molecule has 3 rings (SSSR count). The van der Waals surface area contributed by atoms with Gasteiger partial charge in [0, 0.05) is 17.8 Å². The monoisotopic (exact) mass is 371 g/mol. The molecule has 0 saturated carbocycles. The highest BCUT2D eigenvalue weighted by molar-refractivity contribution is 7.15. The Kier molecular flexibility index (Phi) is 5.72. The van der Waals surface area contributed by atoms with E-state index in [4.69, 9.17) is 0 Å². The first-order chi connectivity index (χ1) is 12.5. The lowest BCUT2D eigenvalue weighted by Crippen LogP contribution is -2.24. The number of aromatic nitrogens is 4. The average Bonchev–Trinajstić information content (AvgIpc) is 2.94. The van der Waals surface area contributed by atoms with E-state index >= 15 is 0 Å². The molecule has 0 atom stereocenters. The van der Waals surface area contributed by atoms with Crippen LogP contribution < -0.4 is 10.9 Å². The van der Waals surface area contributed by atoms with Gasteiger partial charge >= 0.3 is 0 Å². The standard InChI is InChI=1S/C18H21N5O2S/c1-12-13(2)26-18(19-12)20-16(24)10-4-3-7-11-23-17(25)14-8-5-6-9-15(14)21-22-23/h5-6,8-9H,3-4,7,10-11H2,1-2H3,(H,19,20,24). The van der Waals surface area contributed by atoms with Crippen molar-refractivity contribution < 1.29 is 4.79 Å². The third-order valence-electron chi connectivity index (χ3n) is 4.18. The van der Waals surface area contributed by atoms with Crippen molar-refractivity contribution in [3.8, 4) is 0 Å². The van der Waals surface area contributed by atoms with E-state index in [-0.39, 0.29) is 11.5 Å². The summed E-state index contributed by atoms with van der Waals surface area (Å²) in [5.41, 5.74) is 1.44. The number of rotatable bonds is 7. The summed E-state index contributed by atoms with van der Waals surface area (Å²) in [5.74, 6) is -0.0265. The predicted octanol–water partition coefficient (Wildman–Crippen LogP) is 3.06. The van der Waals surface area contributed by atoms with E-state index in [0.717, 1.165) is 29.8 Å². The summed E-state index contributed by atoms with van der Waals surface area (Å²) in [4.78, 5) is 29.7. The van der Waals surface area contributed by atoms with Crippen molar-refractivity contribution in [2.24, 2.45) is 0 Å². The number of aryl methyl sites for hydroxylation is 3. The van der Waals surface area contributed by atoms with Crippen molar-refractivity contribution in [3.05, 3.63) is 45.2 Å². The number of fused-ring (bicyclic) bond motifs is 1. The number of amides is 1. The van der Waals surface area contributed by atoms with E-state index in [1.165, 1.54) is 16.0 Å². The highest BCUT2D eigenvalue weighted by Gasteiger charge is 2.08. The Labute approximate surface area is 155 Å². The molecule has 0 spiro atoms. The van der Waals surface area contributed by atoms with E-state index in [1.807, 2.05) is 26.0 Å². The minimum atomic E-state index is -0.122. The molecule has 3 aromatic rings. The van der Waals surface area contributed by atoms with Gasteiger partial charge in [-0.05, 0) is 38.8 Å². The second-order valence-corrected chi connectivity index (χ2v) is 7.36. The molecule has 0 aliphatic carbocycles. The van der Waals surface area contributed by atoms with Gasteiger partial charge in [0.1, 0.15) is 5.52 Å². The number of hydrogen-bond acceptors (Lipinski definition) is 6. The minimum Gasteiger partial charge on any atom is -0.302 e. The Balaban J connectivity index is 1.43. The van der Waals surface area contributed by atoms with Gasteiger partial charge in [-0.3, -0.25) is 9.59 Å². The highest BCUT2D eigenvalue weighted by Crippen LogP contribution is 2.21. The zero-order valence-corrected chi connectivity index (χ0v) is 15.7. The summed E-state index contributed by atoms with van der Waals surface area (Å²) in [7, 11) is 0. The van der Waals surface area contributed by atoms with Crippen LogP contribution in [0.25, 0.3) is 10.9 Å². The SMILES string of the molecule is Cc1nc(NC(=O)CCCCCn2nnc3ccccc3c2=O)sc1C. The normalized spacial score (nSPS) is 11.0. The van der Waals surface area contributed by atoms with Gasteiger partial charge in [0.05, 0.1) is 11.1 Å². The summed E-state index contributed by atoms with van der Waals surface area (Å²) in [5, 5.41) is 12.1. The third-order valence-corrected chi connectivity index (χ3v) is 5.17. The molecule has 8 heteroatoms. The molecular formula is C18H21N5O2S. The number of carbonyl (C=O) groups is 1. The van der Waals surface area contributed by atoms with Crippen LogP contribution in [-0.4, -0.2) is 25.9 Å². The van der Waals surface area contributed by atoms with Gasteiger partial charge in [-0.2, -0.15) is 0 Å². The fraction of sp³-hybridized carbons (Fsp3) is 0.389. The number of nitrogens with zero attached hydrogens (tertiary/aromatic N) is 4. The number of thiazole rings is 1. The zero-order valence-electron chi connectivity index (χ0n) is 14.9. The van der Waals surface area contributed by atoms with E-state index in [1.54, 1.807) is 12.1 Å². The molecule has 26 heavy (non-hydrogen) atoms. The Morgan fingerprint density at radius 3 is 2.77 bits per heavy atom. The van der Waals surface area contributed by atoms with Crippen LogP contribution in [0.1, 0.15) is 36.3 Å². The summed E-state index contributed by atoms with van der Waals surface area (Å²) in [6.45, 7) is 4.42. The maximum atomic E-state index is 12.3. The second kappa shape index (κ2) is 8.18. The molecule has 1 N–H and O–H groups in total. The van der Waals surface area contributed by atoms with Gasteiger partial charge in [-0.15, -0.1) is 16.4 Å². The first-order valence-electron chi connectivity index (χ1n) is 8.61. The Bertz CT molecular complexity index is 960. The fourth-order valence-electron chi connectivity index (χ4n) is 2.60. The van der Waals surface area contributed by atoms with Gasteiger partial charge in [0.25, 0.3) is 5.56 Å². The molecule has 0 unspecified atom stereocenters. The number of hydrogen-bond donors (Lipinski definition) is 1. The predicted molar refractivity (Wildman–Crippen MR) is 102 cm³/mol. The fourth-order valence-corrected chi connectivity index (χ4v) is 3.43. The molecule has 0 aliphatic heterocycles. The van der Waals surface area contributed by atoms with Gasteiger partial charge in [-0.25, -0.2) is 9.67 Å². The molecule has 2 aromatic heterocycles. The van der Waals surface area contributed by atoms with Crippen LogP contribution in [0.15, 0.2) is 29.1 Å². The van der Waals surface area contributed by atoms with Crippen molar-refractivity contribution in [1.82, 2.24) is 20.0 Å². The summed E-state index contributed by atoms with van der Waals surface area (Å²) >= 11 is 1.49. The topological polar surface area (TPSA) is 89.8 Å². The first-order valence-corrected chi connectivity index (χ1v) is 9.42. The maximum absolute atomic E-state index is 12.3. The highest BCUT2D eigenvalue weighted by atomic mass is 32.1. The lowest BCUT2D eigenvalue weighted by Gasteiger charge is -2.05. The quantitative estimate of drug-likeness (QED) is 0.645. The number of carbonyl (C=O) groups excluding carboxylic acids is 1. The van der Waals surface area contributed by atoms with Crippen molar-refractivity contribution in [2.75, 3.05) is 5.32 Å². The molecule has 0 saturated heterocycles. The molecule has 0 fully saturated rings. The van der Waals surface area contributed by atoms with Gasteiger partial charge in [0.15, 0.2) is 5.13 Å². The van der Waals surface area contributed by atoms with Crippen LogP contribution in [0, 0.1) is 13.8 Å². The van der Waals surface area contributed by atoms with Crippen LogP contribution in [-0.2, 0) is 11.3 Å². The summed E-state index contributed by atoms with van der Waals surface area (Å²) in [6.07, 6.45) is 2.81. The third kappa shape index (κ3) is 4.32. The molecular weight excluding hydrogens is 350 g/mol. The summed E-state index contributed by atoms with van der Waals surface area (Å²) in [6, 6.07) is 7.19. The van der Waals surface area contributed by atoms with Crippen LogP contribution in [0.4, 0.5) is 5.13 Å². The average molecular weight is 371 g/mol. The van der Waals surface area contributed by atoms with Gasteiger partial charge in [0.2, 0.25) is 5.91 Å². The molecule has 0 bridgehead atoms. The van der Waals surface area contributed by atoms with E-state index < -0.39 is 0 Å². The first kappa shape index (κ1) is 18.2. The molecule has 0 aliphatic rings. The van der Waals surface area contributed by atoms with Gasteiger partial charge in [-0.1, -0.05) is 23.8 Å². The van der Waals surface area contributed by atoms with Crippen LogP contribution in [0.3, 0.4) is 0 Å². The number of nitrogens with one attached hydrogen (secondary N) is 1. The van der Waals surface area contributed by atoms with Crippen LogP contribution in [0.2, 0.25) is 0 Å². The Hall–Kier alpha value is -2.61. The maximum Gasteiger partial charge on any atom is 0.277 e. The summed E-state index contributed by atoms with van der Waals surface area (Å²) < 4.78 is 1.39. The van der Waals surface area contributed by atoms with Crippen molar-refractivity contribution in [2.45, 2.75) is 46.1 Å². The molecule has 1 amide bonds. The Morgan fingerprint density at radius 1 is 1.19 bits per heavy atom. The zero-order chi connectivity index (χ0) is 18.5. The molecule has 0 radical (unpaired) electrons. The molecule has 7 nitrogen and oxygen atoms in total. The molecule has 1 aromatic carbocycles. The number of benzene rings is 1. The molecule has 2 heterocycles. The van der Waals surface area contributed by atoms with Crippen molar-refractivity contribution in [1.29, 1.82) is 0 Å². The molecule has 136 valence electrons. The Morgan fingerprint density at radius 2 is 2.00 bits per heavy atom. The second-order valence-electron chi connectivity index (χ2n) is 6.15. The largest absolute Gasteiger partial charge is 0.302 e. The van der Waals surface area contributed by atoms with Crippen LogP contribution in [0.5, 0.6) is 0 Å². The lowest BCUT2D eigenvalue weighted by atomic mass is 10.2. The van der Waals surface area contributed by atoms with E-state index in [9.17, 15) is 9.59 Å². The number of anilines is 1. The van der Waals surface area contributed by atoms with E-state index in [0.29, 0.717) is 29.0 Å². The van der Waals surface area contributed by atoms with Crippen molar-refractivity contribution >= 4 is 33.3 Å². The lowest BCUT2D eigenvalue weighted by molar-refractivity contribution is -0.116. The van der Waals surface area contributed by atoms with Gasteiger partial charge < -0.3 is 5.32 Å². The smallest absolute Gasteiger partial charge is 0.277 e. The minimum absolute atomic E-state index is 0.0265.